The zero-order chi connectivity index (χ0) is 19.6. The van der Waals surface area contributed by atoms with Crippen molar-refractivity contribution in [2.24, 2.45) is 4.99 Å². The van der Waals surface area contributed by atoms with Crippen molar-refractivity contribution in [3.05, 3.63) is 53.3 Å². The van der Waals surface area contributed by atoms with Gasteiger partial charge in [-0.25, -0.2) is 4.39 Å². The summed E-state index contributed by atoms with van der Waals surface area (Å²) < 4.78 is 29.1. The fourth-order valence-corrected chi connectivity index (χ4v) is 2.62. The van der Waals surface area contributed by atoms with E-state index in [1.807, 2.05) is 12.1 Å². The van der Waals surface area contributed by atoms with Gasteiger partial charge in [0.2, 0.25) is 0 Å². The molecular formula is C20H26FN3O3. The first kappa shape index (κ1) is 20.4. The van der Waals surface area contributed by atoms with Crippen LogP contribution in [0.25, 0.3) is 0 Å². The minimum atomic E-state index is -0.230. The third kappa shape index (κ3) is 5.77. The molecule has 0 saturated heterocycles. The lowest BCUT2D eigenvalue weighted by molar-refractivity contribution is 0.368. The second-order valence-corrected chi connectivity index (χ2v) is 5.74. The average molecular weight is 375 g/mol. The van der Waals surface area contributed by atoms with E-state index in [4.69, 9.17) is 14.2 Å². The molecule has 0 spiro atoms. The smallest absolute Gasteiger partial charge is 0.191 e. The highest BCUT2D eigenvalue weighted by atomic mass is 19.1. The molecule has 0 amide bonds. The second kappa shape index (κ2) is 10.3. The van der Waals surface area contributed by atoms with Crippen LogP contribution in [0, 0.1) is 5.82 Å². The molecule has 7 heteroatoms. The number of hydrogen-bond donors (Lipinski definition) is 2. The molecular weight excluding hydrogens is 349 g/mol. The lowest BCUT2D eigenvalue weighted by Gasteiger charge is -2.17. The molecule has 0 heterocycles. The minimum absolute atomic E-state index is 0.230. The highest BCUT2D eigenvalue weighted by Gasteiger charge is 2.13. The molecule has 2 N–H and O–H groups in total. The first-order chi connectivity index (χ1) is 13.1. The van der Waals surface area contributed by atoms with Crippen LogP contribution in [0.15, 0.2) is 41.4 Å². The molecule has 0 unspecified atom stereocenters. The molecule has 2 aromatic carbocycles. The van der Waals surface area contributed by atoms with E-state index >= 15 is 0 Å². The Balaban J connectivity index is 1.96. The van der Waals surface area contributed by atoms with Crippen LogP contribution >= 0.6 is 0 Å². The topological polar surface area (TPSA) is 64.1 Å². The molecule has 0 fully saturated rings. The third-order valence-electron chi connectivity index (χ3n) is 4.09. The summed E-state index contributed by atoms with van der Waals surface area (Å²) in [7, 11) is 6.51. The Kier molecular flexibility index (Phi) is 7.73. The molecule has 2 aromatic rings. The van der Waals surface area contributed by atoms with Gasteiger partial charge in [0.05, 0.1) is 33.4 Å². The summed E-state index contributed by atoms with van der Waals surface area (Å²) in [4.78, 5) is 4.22. The van der Waals surface area contributed by atoms with Gasteiger partial charge in [-0.2, -0.15) is 0 Å². The number of benzene rings is 2. The average Bonchev–Trinajstić information content (AvgIpc) is 2.71. The van der Waals surface area contributed by atoms with Crippen molar-refractivity contribution in [1.82, 2.24) is 10.6 Å². The summed E-state index contributed by atoms with van der Waals surface area (Å²) in [5.41, 5.74) is 1.92. The van der Waals surface area contributed by atoms with E-state index in [2.05, 4.69) is 15.6 Å². The van der Waals surface area contributed by atoms with Crippen molar-refractivity contribution in [1.29, 1.82) is 0 Å². The Morgan fingerprint density at radius 2 is 1.59 bits per heavy atom. The van der Waals surface area contributed by atoms with Gasteiger partial charge in [0.1, 0.15) is 23.1 Å². The number of rotatable bonds is 8. The van der Waals surface area contributed by atoms with Crippen LogP contribution in [0.3, 0.4) is 0 Å². The summed E-state index contributed by atoms with van der Waals surface area (Å²) in [6.07, 6.45) is 0.760. The molecule has 0 radical (unpaired) electrons. The summed E-state index contributed by atoms with van der Waals surface area (Å²) >= 11 is 0. The molecule has 0 aromatic heterocycles. The maximum atomic E-state index is 13.0. The molecule has 146 valence electrons. The monoisotopic (exact) mass is 375 g/mol. The Labute approximate surface area is 159 Å². The number of ether oxygens (including phenoxy) is 3. The van der Waals surface area contributed by atoms with Gasteiger partial charge in [0, 0.05) is 25.7 Å². The van der Waals surface area contributed by atoms with E-state index in [9.17, 15) is 4.39 Å². The van der Waals surface area contributed by atoms with Gasteiger partial charge in [-0.3, -0.25) is 4.99 Å². The normalized spacial score (nSPS) is 11.1. The van der Waals surface area contributed by atoms with E-state index < -0.39 is 0 Å². The quantitative estimate of drug-likeness (QED) is 0.549. The number of methoxy groups -OCH3 is 3. The molecule has 0 aliphatic rings. The molecule has 0 bridgehead atoms. The zero-order valence-electron chi connectivity index (χ0n) is 16.1. The third-order valence-corrected chi connectivity index (χ3v) is 4.09. The zero-order valence-corrected chi connectivity index (χ0v) is 16.1. The van der Waals surface area contributed by atoms with Crippen LogP contribution in [-0.2, 0) is 13.0 Å². The molecule has 0 aliphatic carbocycles. The van der Waals surface area contributed by atoms with E-state index in [0.717, 1.165) is 17.5 Å². The first-order valence-electron chi connectivity index (χ1n) is 8.59. The number of hydrogen-bond acceptors (Lipinski definition) is 4. The lowest BCUT2D eigenvalue weighted by Crippen LogP contribution is -2.38. The highest BCUT2D eigenvalue weighted by Crippen LogP contribution is 2.33. The molecule has 0 saturated carbocycles. The molecule has 2 rings (SSSR count). The number of aliphatic imine (C=N–C) groups is 1. The summed E-state index contributed by atoms with van der Waals surface area (Å²) in [6, 6.07) is 10.1. The van der Waals surface area contributed by atoms with Gasteiger partial charge in [-0.05, 0) is 24.1 Å². The molecule has 0 aliphatic heterocycles. The Morgan fingerprint density at radius 1 is 0.963 bits per heavy atom. The van der Waals surface area contributed by atoms with Crippen molar-refractivity contribution in [2.75, 3.05) is 34.9 Å². The number of nitrogens with zero attached hydrogens (tertiary/aromatic N) is 1. The molecule has 0 atom stereocenters. The fraction of sp³-hybridized carbons (Fsp3) is 0.350. The van der Waals surface area contributed by atoms with Crippen molar-refractivity contribution in [3.63, 3.8) is 0 Å². The van der Waals surface area contributed by atoms with Gasteiger partial charge in [-0.15, -0.1) is 0 Å². The van der Waals surface area contributed by atoms with E-state index in [0.29, 0.717) is 36.3 Å². The Morgan fingerprint density at radius 3 is 2.11 bits per heavy atom. The van der Waals surface area contributed by atoms with Crippen LogP contribution in [0.1, 0.15) is 11.1 Å². The van der Waals surface area contributed by atoms with Gasteiger partial charge in [-0.1, -0.05) is 12.1 Å². The van der Waals surface area contributed by atoms with Crippen LogP contribution in [0.4, 0.5) is 4.39 Å². The van der Waals surface area contributed by atoms with E-state index in [1.54, 1.807) is 40.5 Å². The van der Waals surface area contributed by atoms with Crippen molar-refractivity contribution < 1.29 is 18.6 Å². The predicted octanol–water partition coefficient (Wildman–Crippen LogP) is 2.76. The Bertz CT molecular complexity index is 739. The maximum absolute atomic E-state index is 13.0. The van der Waals surface area contributed by atoms with Crippen LogP contribution < -0.4 is 24.8 Å². The Hall–Kier alpha value is -2.96. The predicted molar refractivity (Wildman–Crippen MR) is 104 cm³/mol. The van der Waals surface area contributed by atoms with Crippen LogP contribution in [0.5, 0.6) is 17.2 Å². The fourth-order valence-electron chi connectivity index (χ4n) is 2.62. The summed E-state index contributed by atoms with van der Waals surface area (Å²) in [6.45, 7) is 1.13. The van der Waals surface area contributed by atoms with Crippen molar-refractivity contribution in [2.45, 2.75) is 13.0 Å². The minimum Gasteiger partial charge on any atom is -0.496 e. The van der Waals surface area contributed by atoms with Gasteiger partial charge in [0.15, 0.2) is 5.96 Å². The van der Waals surface area contributed by atoms with Crippen molar-refractivity contribution in [3.8, 4) is 17.2 Å². The molecule has 27 heavy (non-hydrogen) atoms. The van der Waals surface area contributed by atoms with Gasteiger partial charge < -0.3 is 24.8 Å². The maximum Gasteiger partial charge on any atom is 0.191 e. The summed E-state index contributed by atoms with van der Waals surface area (Å²) in [5.74, 6) is 2.42. The van der Waals surface area contributed by atoms with Crippen LogP contribution in [-0.4, -0.2) is 40.9 Å². The number of halogens is 1. The van der Waals surface area contributed by atoms with Crippen LogP contribution in [0.2, 0.25) is 0 Å². The van der Waals surface area contributed by atoms with E-state index in [1.165, 1.54) is 12.1 Å². The lowest BCUT2D eigenvalue weighted by atomic mass is 10.1. The number of nitrogens with one attached hydrogen (secondary N) is 2. The summed E-state index contributed by atoms with van der Waals surface area (Å²) in [5, 5.41) is 6.49. The largest absolute Gasteiger partial charge is 0.496 e. The standard InChI is InChI=1S/C20H26FN3O3/c1-22-20(23-10-9-14-5-7-15(21)8-6-14)24-13-17-18(26-3)11-16(25-2)12-19(17)27-4/h5-8,11-12H,9-10,13H2,1-4H3,(H2,22,23,24). The van der Waals surface area contributed by atoms with Gasteiger partial charge >= 0.3 is 0 Å². The van der Waals surface area contributed by atoms with E-state index in [-0.39, 0.29) is 5.82 Å². The second-order valence-electron chi connectivity index (χ2n) is 5.74. The van der Waals surface area contributed by atoms with Crippen molar-refractivity contribution >= 4 is 5.96 Å². The molecule has 6 nitrogen and oxygen atoms in total. The SMILES string of the molecule is CN=C(NCCc1ccc(F)cc1)NCc1c(OC)cc(OC)cc1OC. The van der Waals surface area contributed by atoms with Gasteiger partial charge in [0.25, 0.3) is 0 Å². The number of guanidine groups is 1. The highest BCUT2D eigenvalue weighted by molar-refractivity contribution is 5.79. The first-order valence-corrected chi connectivity index (χ1v) is 8.59.